The molecule has 0 aliphatic carbocycles. The number of aromatic nitrogens is 1. The van der Waals surface area contributed by atoms with Gasteiger partial charge in [-0.15, -0.1) is 0 Å². The molecular weight excluding hydrogens is 507 g/mol. The average molecular weight is 527 g/mol. The molecule has 0 radical (unpaired) electrons. The number of anilines is 1. The van der Waals surface area contributed by atoms with Gasteiger partial charge in [0.25, 0.3) is 5.91 Å². The van der Waals surface area contributed by atoms with Gasteiger partial charge in [-0.25, -0.2) is 8.42 Å². The third-order valence-corrected chi connectivity index (χ3v) is 7.79. The first kappa shape index (κ1) is 24.9. The molecule has 0 saturated carbocycles. The minimum atomic E-state index is -3.92. The normalized spacial score (nSPS) is 12.2. The number of pyridine rings is 1. The number of nitrogens with one attached hydrogen (secondary N) is 1. The van der Waals surface area contributed by atoms with E-state index < -0.39 is 27.6 Å². The molecule has 0 fully saturated rings. The van der Waals surface area contributed by atoms with E-state index in [1.165, 1.54) is 18.2 Å². The van der Waals surface area contributed by atoms with Gasteiger partial charge < -0.3 is 10.4 Å². The van der Waals surface area contributed by atoms with E-state index in [0.717, 1.165) is 0 Å². The molecular formula is C26H20Cl2N2O4S. The van der Waals surface area contributed by atoms with Crippen molar-refractivity contribution in [3.8, 4) is 11.3 Å². The highest BCUT2D eigenvalue weighted by molar-refractivity contribution is 7.91. The van der Waals surface area contributed by atoms with Crippen LogP contribution in [0.4, 0.5) is 5.69 Å². The van der Waals surface area contributed by atoms with Gasteiger partial charge in [0.05, 0.1) is 32.5 Å². The van der Waals surface area contributed by atoms with Crippen molar-refractivity contribution >= 4 is 44.6 Å². The van der Waals surface area contributed by atoms with Crippen LogP contribution in [0.15, 0.2) is 96.0 Å². The summed E-state index contributed by atoms with van der Waals surface area (Å²) in [6, 6.07) is 22.9. The molecule has 0 aliphatic heterocycles. The summed E-state index contributed by atoms with van der Waals surface area (Å²) < 4.78 is 25.7. The van der Waals surface area contributed by atoms with Crippen LogP contribution in [-0.2, 0) is 9.84 Å². The van der Waals surface area contributed by atoms with E-state index in [1.54, 1.807) is 66.9 Å². The van der Waals surface area contributed by atoms with E-state index in [4.69, 9.17) is 23.2 Å². The number of hydrogen-bond donors (Lipinski definition) is 2. The Balaban J connectivity index is 1.52. The predicted octanol–water partition coefficient (Wildman–Crippen LogP) is 5.82. The number of amides is 1. The molecule has 0 spiro atoms. The topological polar surface area (TPSA) is 96.4 Å². The fraction of sp³-hybridized carbons (Fsp3) is 0.0769. The number of benzene rings is 3. The Kier molecular flexibility index (Phi) is 7.52. The zero-order chi connectivity index (χ0) is 25.0. The van der Waals surface area contributed by atoms with Crippen molar-refractivity contribution in [3.63, 3.8) is 0 Å². The molecule has 9 heteroatoms. The maximum Gasteiger partial charge on any atom is 0.255 e. The largest absolute Gasteiger partial charge is 0.387 e. The second kappa shape index (κ2) is 10.6. The lowest BCUT2D eigenvalue weighted by atomic mass is 10.1. The molecule has 1 aromatic heterocycles. The van der Waals surface area contributed by atoms with Gasteiger partial charge in [-0.05, 0) is 54.1 Å². The van der Waals surface area contributed by atoms with Crippen molar-refractivity contribution in [2.75, 3.05) is 11.1 Å². The summed E-state index contributed by atoms with van der Waals surface area (Å²) in [6.45, 7) is 0. The molecule has 178 valence electrons. The Morgan fingerprint density at radius 2 is 1.66 bits per heavy atom. The molecule has 4 rings (SSSR count). The summed E-state index contributed by atoms with van der Waals surface area (Å²) in [5.41, 5.74) is 2.45. The maximum absolute atomic E-state index is 12.8. The highest BCUT2D eigenvalue weighted by atomic mass is 35.5. The van der Waals surface area contributed by atoms with E-state index in [9.17, 15) is 18.3 Å². The number of halogens is 2. The van der Waals surface area contributed by atoms with E-state index in [-0.39, 0.29) is 15.5 Å². The van der Waals surface area contributed by atoms with E-state index in [2.05, 4.69) is 10.3 Å². The van der Waals surface area contributed by atoms with Gasteiger partial charge in [-0.2, -0.15) is 0 Å². The monoisotopic (exact) mass is 526 g/mol. The standard InChI is InChI=1S/C26H20Cl2N2O4S/c27-21-11-10-19(15-20(21)23-8-4-5-13-29-23)30-26(32)18-9-12-25(22(28)14-18)35(33,34)16-24(31)17-6-2-1-3-7-17/h1-15,24,31H,16H2,(H,30,32). The SMILES string of the molecule is O=C(Nc1ccc(Cl)c(-c2ccccn2)c1)c1ccc(S(=O)(=O)CC(O)c2ccccc2)c(Cl)c1. The summed E-state index contributed by atoms with van der Waals surface area (Å²) in [5.74, 6) is -1.02. The zero-order valence-corrected chi connectivity index (χ0v) is 20.6. The van der Waals surface area contributed by atoms with Gasteiger partial charge in [0, 0.05) is 23.0 Å². The van der Waals surface area contributed by atoms with E-state index >= 15 is 0 Å². The summed E-state index contributed by atoms with van der Waals surface area (Å²) in [7, 11) is -3.92. The molecule has 1 heterocycles. The smallest absolute Gasteiger partial charge is 0.255 e. The second-order valence-electron chi connectivity index (χ2n) is 7.72. The predicted molar refractivity (Wildman–Crippen MR) is 138 cm³/mol. The number of sulfone groups is 1. The Bertz CT molecular complexity index is 1460. The van der Waals surface area contributed by atoms with Crippen LogP contribution in [-0.4, -0.2) is 30.2 Å². The minimum Gasteiger partial charge on any atom is -0.387 e. The van der Waals surface area contributed by atoms with Gasteiger partial charge >= 0.3 is 0 Å². The first-order valence-corrected chi connectivity index (χ1v) is 12.9. The number of hydrogen-bond acceptors (Lipinski definition) is 5. The summed E-state index contributed by atoms with van der Waals surface area (Å²) in [4.78, 5) is 16.9. The number of carbonyl (C=O) groups excluding carboxylic acids is 1. The second-order valence-corrected chi connectivity index (χ2v) is 10.5. The summed E-state index contributed by atoms with van der Waals surface area (Å²) in [5, 5.41) is 13.5. The quantitative estimate of drug-likeness (QED) is 0.316. The third kappa shape index (κ3) is 5.89. The van der Waals surface area contributed by atoms with Crippen LogP contribution >= 0.6 is 23.2 Å². The Hall–Kier alpha value is -3.23. The van der Waals surface area contributed by atoms with Crippen molar-refractivity contribution in [3.05, 3.63) is 112 Å². The molecule has 1 unspecified atom stereocenters. The van der Waals surface area contributed by atoms with Crippen molar-refractivity contribution in [1.29, 1.82) is 0 Å². The lowest BCUT2D eigenvalue weighted by Gasteiger charge is -2.13. The number of aliphatic hydroxyl groups is 1. The van der Waals surface area contributed by atoms with Gasteiger partial charge in [-0.1, -0.05) is 59.6 Å². The maximum atomic E-state index is 12.8. The molecule has 2 N–H and O–H groups in total. The molecule has 1 atom stereocenters. The van der Waals surface area contributed by atoms with Crippen LogP contribution in [0.3, 0.4) is 0 Å². The number of aliphatic hydroxyl groups excluding tert-OH is 1. The molecule has 4 aromatic rings. The highest BCUT2D eigenvalue weighted by Gasteiger charge is 2.24. The van der Waals surface area contributed by atoms with Crippen molar-refractivity contribution in [2.24, 2.45) is 0 Å². The number of nitrogens with zero attached hydrogens (tertiary/aromatic N) is 1. The molecule has 3 aromatic carbocycles. The average Bonchev–Trinajstić information content (AvgIpc) is 2.85. The lowest BCUT2D eigenvalue weighted by molar-refractivity contribution is 0.102. The van der Waals surface area contributed by atoms with Gasteiger partial charge in [-0.3, -0.25) is 9.78 Å². The fourth-order valence-corrected chi connectivity index (χ4v) is 5.65. The van der Waals surface area contributed by atoms with Gasteiger partial charge in [0.1, 0.15) is 0 Å². The zero-order valence-electron chi connectivity index (χ0n) is 18.2. The third-order valence-electron chi connectivity index (χ3n) is 5.26. The molecule has 0 bridgehead atoms. The molecule has 0 aliphatic rings. The van der Waals surface area contributed by atoms with Crippen LogP contribution in [0.2, 0.25) is 10.0 Å². The van der Waals surface area contributed by atoms with Crippen LogP contribution in [0.1, 0.15) is 22.0 Å². The van der Waals surface area contributed by atoms with Gasteiger partial charge in [0.15, 0.2) is 9.84 Å². The van der Waals surface area contributed by atoms with Gasteiger partial charge in [0.2, 0.25) is 0 Å². The van der Waals surface area contributed by atoms with Crippen molar-refractivity contribution < 1.29 is 18.3 Å². The lowest BCUT2D eigenvalue weighted by Crippen LogP contribution is -2.16. The van der Waals surface area contributed by atoms with Crippen LogP contribution in [0, 0.1) is 0 Å². The van der Waals surface area contributed by atoms with Crippen LogP contribution in [0.25, 0.3) is 11.3 Å². The molecule has 1 amide bonds. The number of carbonyl (C=O) groups is 1. The van der Waals surface area contributed by atoms with Crippen molar-refractivity contribution in [2.45, 2.75) is 11.0 Å². The Labute approximate surface area is 213 Å². The number of rotatable bonds is 7. The minimum absolute atomic E-state index is 0.108. The van der Waals surface area contributed by atoms with Crippen molar-refractivity contribution in [1.82, 2.24) is 4.98 Å². The summed E-state index contributed by atoms with van der Waals surface area (Å²) >= 11 is 12.5. The van der Waals surface area contributed by atoms with E-state index in [1.807, 2.05) is 6.07 Å². The molecule has 6 nitrogen and oxygen atoms in total. The van der Waals surface area contributed by atoms with E-state index in [0.29, 0.717) is 27.5 Å². The molecule has 0 saturated heterocycles. The summed E-state index contributed by atoms with van der Waals surface area (Å²) in [6.07, 6.45) is 0.436. The Morgan fingerprint density at radius 3 is 2.34 bits per heavy atom. The first-order chi connectivity index (χ1) is 16.7. The van der Waals surface area contributed by atoms with Crippen LogP contribution < -0.4 is 5.32 Å². The fourth-order valence-electron chi connectivity index (χ4n) is 3.49. The van der Waals surface area contributed by atoms with Crippen LogP contribution in [0.5, 0.6) is 0 Å². The Morgan fingerprint density at radius 1 is 0.914 bits per heavy atom. The molecule has 35 heavy (non-hydrogen) atoms. The first-order valence-electron chi connectivity index (χ1n) is 10.5. The highest BCUT2D eigenvalue weighted by Crippen LogP contribution is 2.30.